The third-order valence-corrected chi connectivity index (χ3v) is 5.85. The molecule has 0 saturated heterocycles. The molecule has 33 heavy (non-hydrogen) atoms. The second kappa shape index (κ2) is 8.59. The molecule has 0 aliphatic heterocycles. The lowest BCUT2D eigenvalue weighted by Crippen LogP contribution is -2.07. The number of rotatable bonds is 5. The van der Waals surface area contributed by atoms with E-state index in [0.29, 0.717) is 21.7 Å². The second-order valence-electron chi connectivity index (χ2n) is 6.97. The Morgan fingerprint density at radius 1 is 1.00 bits per heavy atom. The molecule has 0 bridgehead atoms. The molecule has 4 nitrogen and oxygen atoms in total. The maximum Gasteiger partial charge on any atom is 0.417 e. The number of hydrogen-bond acceptors (Lipinski definition) is 4. The van der Waals surface area contributed by atoms with Crippen LogP contribution in [-0.2, 0) is 11.0 Å². The van der Waals surface area contributed by atoms with E-state index in [9.17, 15) is 27.5 Å². The van der Waals surface area contributed by atoms with Crippen molar-refractivity contribution in [3.05, 3.63) is 83.7 Å². The van der Waals surface area contributed by atoms with Crippen molar-refractivity contribution < 1.29 is 37.3 Å². The summed E-state index contributed by atoms with van der Waals surface area (Å²) in [6.07, 6.45) is -2.38. The average Bonchev–Trinajstić information content (AvgIpc) is 3.09. The smallest absolute Gasteiger partial charge is 0.417 e. The molecule has 168 valence electrons. The average molecular weight is 474 g/mol. The van der Waals surface area contributed by atoms with Crippen molar-refractivity contribution in [2.24, 2.45) is 0 Å². The summed E-state index contributed by atoms with van der Waals surface area (Å²) in [5, 5.41) is 19.0. The van der Waals surface area contributed by atoms with Gasteiger partial charge in [-0.15, -0.1) is 11.3 Å². The maximum absolute atomic E-state index is 14.0. The van der Waals surface area contributed by atoms with E-state index in [4.69, 9.17) is 9.84 Å². The Morgan fingerprint density at radius 2 is 1.73 bits per heavy atom. The molecular weight excluding hydrogens is 460 g/mol. The number of ether oxygens (including phenoxy) is 1. The number of phenolic OH excluding ortho intramolecular Hbond substituents is 1. The minimum atomic E-state index is -4.73. The van der Waals surface area contributed by atoms with Crippen LogP contribution in [-0.4, -0.2) is 16.2 Å². The molecule has 0 saturated carbocycles. The predicted molar refractivity (Wildman–Crippen MR) is 117 cm³/mol. The quantitative estimate of drug-likeness (QED) is 0.235. The van der Waals surface area contributed by atoms with E-state index >= 15 is 0 Å². The number of aliphatic carboxylic acids is 1. The van der Waals surface area contributed by atoms with Crippen molar-refractivity contribution in [3.8, 4) is 27.7 Å². The molecule has 3 aromatic carbocycles. The van der Waals surface area contributed by atoms with E-state index < -0.39 is 23.5 Å². The first-order valence-corrected chi connectivity index (χ1v) is 10.2. The van der Waals surface area contributed by atoms with Crippen LogP contribution >= 0.6 is 11.3 Å². The van der Waals surface area contributed by atoms with Gasteiger partial charge in [-0.1, -0.05) is 12.1 Å². The first kappa shape index (κ1) is 22.3. The Balaban J connectivity index is 1.85. The fourth-order valence-corrected chi connectivity index (χ4v) is 4.42. The monoisotopic (exact) mass is 474 g/mol. The predicted octanol–water partition coefficient (Wildman–Crippen LogP) is 7.32. The van der Waals surface area contributed by atoms with Crippen LogP contribution in [0.5, 0.6) is 17.2 Å². The topological polar surface area (TPSA) is 66.8 Å². The molecule has 0 fully saturated rings. The molecule has 0 unspecified atom stereocenters. The number of aromatic hydroxyl groups is 1. The van der Waals surface area contributed by atoms with Crippen molar-refractivity contribution in [3.63, 3.8) is 0 Å². The van der Waals surface area contributed by atoms with Crippen molar-refractivity contribution in [2.45, 2.75) is 6.18 Å². The van der Waals surface area contributed by atoms with E-state index in [2.05, 4.69) is 0 Å². The van der Waals surface area contributed by atoms with Gasteiger partial charge in [-0.3, -0.25) is 0 Å². The van der Waals surface area contributed by atoms with Crippen LogP contribution in [0, 0.1) is 5.82 Å². The van der Waals surface area contributed by atoms with Gasteiger partial charge < -0.3 is 14.9 Å². The lowest BCUT2D eigenvalue weighted by atomic mass is 10.0. The summed E-state index contributed by atoms with van der Waals surface area (Å²) >= 11 is 0.936. The van der Waals surface area contributed by atoms with Crippen LogP contribution in [0.2, 0.25) is 0 Å². The third-order valence-electron chi connectivity index (χ3n) is 4.68. The molecule has 0 spiro atoms. The van der Waals surface area contributed by atoms with Gasteiger partial charge in [-0.25, -0.2) is 9.18 Å². The standard InChI is InChI=1S/C24H14F4O4S/c25-14-4-9-19(24(26,27)28)18(11-14)23-22(17-8-5-15(29)12-20(17)33-23)32-16-6-1-13(2-7-16)3-10-21(30)31/h1-12,29H,(H,30,31)/b10-3+. The van der Waals surface area contributed by atoms with Gasteiger partial charge >= 0.3 is 12.1 Å². The summed E-state index contributed by atoms with van der Waals surface area (Å²) < 4.78 is 61.4. The Hall–Kier alpha value is -3.85. The van der Waals surface area contributed by atoms with Crippen molar-refractivity contribution in [1.29, 1.82) is 0 Å². The summed E-state index contributed by atoms with van der Waals surface area (Å²) in [7, 11) is 0. The number of benzene rings is 3. The van der Waals surface area contributed by atoms with Gasteiger partial charge in [0.05, 0.1) is 10.4 Å². The minimum Gasteiger partial charge on any atom is -0.508 e. The molecule has 2 N–H and O–H groups in total. The van der Waals surface area contributed by atoms with Crippen LogP contribution in [0.1, 0.15) is 11.1 Å². The number of thiophene rings is 1. The SMILES string of the molecule is O=C(O)/C=C/c1ccc(Oc2c(-c3cc(F)ccc3C(F)(F)F)sc3cc(O)ccc23)cc1. The zero-order valence-electron chi connectivity index (χ0n) is 16.6. The van der Waals surface area contributed by atoms with Gasteiger partial charge in [0.2, 0.25) is 0 Å². The van der Waals surface area contributed by atoms with Crippen LogP contribution in [0.4, 0.5) is 17.6 Å². The van der Waals surface area contributed by atoms with Gasteiger partial charge in [0.1, 0.15) is 17.3 Å². The number of carbonyl (C=O) groups is 1. The molecule has 0 radical (unpaired) electrons. The molecule has 1 aromatic heterocycles. The summed E-state index contributed by atoms with van der Waals surface area (Å²) in [4.78, 5) is 10.7. The number of alkyl halides is 3. The molecule has 0 aliphatic carbocycles. The summed E-state index contributed by atoms with van der Waals surface area (Å²) in [6.45, 7) is 0. The lowest BCUT2D eigenvalue weighted by molar-refractivity contribution is -0.137. The first-order chi connectivity index (χ1) is 15.6. The van der Waals surface area contributed by atoms with Crippen molar-refractivity contribution in [1.82, 2.24) is 0 Å². The molecule has 1 heterocycles. The summed E-state index contributed by atoms with van der Waals surface area (Å²) in [5.74, 6) is -1.66. The highest BCUT2D eigenvalue weighted by Crippen LogP contribution is 2.50. The Kier molecular flexibility index (Phi) is 5.82. The van der Waals surface area contributed by atoms with Gasteiger partial charge in [-0.05, 0) is 60.2 Å². The lowest BCUT2D eigenvalue weighted by Gasteiger charge is -2.14. The van der Waals surface area contributed by atoms with E-state index in [1.807, 2.05) is 0 Å². The highest BCUT2D eigenvalue weighted by molar-refractivity contribution is 7.22. The number of carboxylic acids is 1. The van der Waals surface area contributed by atoms with Crippen LogP contribution < -0.4 is 4.74 Å². The number of hydrogen-bond donors (Lipinski definition) is 2. The van der Waals surface area contributed by atoms with Crippen LogP contribution in [0.25, 0.3) is 26.6 Å². The number of carboxylic acid groups (broad SMARTS) is 1. The zero-order valence-corrected chi connectivity index (χ0v) is 17.4. The summed E-state index contributed by atoms with van der Waals surface area (Å²) in [6, 6.07) is 12.7. The molecule has 0 amide bonds. The van der Waals surface area contributed by atoms with Gasteiger partial charge in [0, 0.05) is 21.7 Å². The third kappa shape index (κ3) is 4.83. The molecule has 0 atom stereocenters. The largest absolute Gasteiger partial charge is 0.508 e. The highest BCUT2D eigenvalue weighted by Gasteiger charge is 2.35. The number of halogens is 4. The normalized spacial score (nSPS) is 11.9. The first-order valence-electron chi connectivity index (χ1n) is 9.43. The number of fused-ring (bicyclic) bond motifs is 1. The van der Waals surface area contributed by atoms with Gasteiger partial charge in [-0.2, -0.15) is 13.2 Å². The Morgan fingerprint density at radius 3 is 2.39 bits per heavy atom. The Labute approximate surface area is 188 Å². The minimum absolute atomic E-state index is 0.0530. The highest BCUT2D eigenvalue weighted by atomic mass is 32.1. The fraction of sp³-hybridized carbons (Fsp3) is 0.0417. The number of phenols is 1. The van der Waals surface area contributed by atoms with E-state index in [0.717, 1.165) is 29.5 Å². The zero-order chi connectivity index (χ0) is 23.8. The van der Waals surface area contributed by atoms with Gasteiger partial charge in [0.25, 0.3) is 0 Å². The molecule has 4 aromatic rings. The molecule has 0 aliphatic rings. The summed E-state index contributed by atoms with van der Waals surface area (Å²) in [5.41, 5.74) is -0.813. The van der Waals surface area contributed by atoms with Crippen LogP contribution in [0.15, 0.2) is 66.7 Å². The molecular formula is C24H14F4O4S. The Bertz CT molecular complexity index is 1370. The maximum atomic E-state index is 14.0. The second-order valence-corrected chi connectivity index (χ2v) is 8.02. The van der Waals surface area contributed by atoms with Gasteiger partial charge in [0.15, 0.2) is 5.75 Å². The van der Waals surface area contributed by atoms with E-state index in [1.54, 1.807) is 12.1 Å². The van der Waals surface area contributed by atoms with E-state index in [-0.39, 0.29) is 27.7 Å². The molecule has 9 heteroatoms. The fourth-order valence-electron chi connectivity index (χ4n) is 3.22. The van der Waals surface area contributed by atoms with Crippen molar-refractivity contribution >= 4 is 33.5 Å². The van der Waals surface area contributed by atoms with Crippen molar-refractivity contribution in [2.75, 3.05) is 0 Å². The molecule has 4 rings (SSSR count). The van der Waals surface area contributed by atoms with Crippen LogP contribution in [0.3, 0.4) is 0 Å². The van der Waals surface area contributed by atoms with E-state index in [1.165, 1.54) is 36.4 Å².